The number of hydrogen-bond acceptors (Lipinski definition) is 1. The average molecular weight is 291 g/mol. The van der Waals surface area contributed by atoms with Gasteiger partial charge >= 0.3 is 0 Å². The van der Waals surface area contributed by atoms with Crippen molar-refractivity contribution in [1.82, 2.24) is 5.32 Å². The third-order valence-corrected chi connectivity index (χ3v) is 3.44. The minimum absolute atomic E-state index is 0.0741. The molecule has 0 heterocycles. The Hall–Kier alpha value is -2.61. The Kier molecular flexibility index (Phi) is 6.18. The third kappa shape index (κ3) is 4.74. The number of carbonyl (C=O) groups excluding carboxylic acids is 1. The Morgan fingerprint density at radius 3 is 2.00 bits per heavy atom. The fraction of sp³-hybridized carbons (Fsp3) is 0.150. The standard InChI is InChI=1S/C20H21NO/c1-2-3-6-15-20(22)21-16-19(17-11-7-4-8-12-17)18-13-9-5-10-14-18/h2-15,19H,16H2,1H3,(H,21,22). The van der Waals surface area contributed by atoms with Crippen molar-refractivity contribution in [3.63, 3.8) is 0 Å². The Morgan fingerprint density at radius 2 is 1.50 bits per heavy atom. The highest BCUT2D eigenvalue weighted by Gasteiger charge is 2.14. The zero-order valence-corrected chi connectivity index (χ0v) is 12.8. The van der Waals surface area contributed by atoms with Crippen LogP contribution in [0.3, 0.4) is 0 Å². The van der Waals surface area contributed by atoms with E-state index in [2.05, 4.69) is 29.6 Å². The van der Waals surface area contributed by atoms with Crippen LogP contribution in [-0.2, 0) is 4.79 Å². The van der Waals surface area contributed by atoms with E-state index in [0.29, 0.717) is 6.54 Å². The number of carbonyl (C=O) groups is 1. The summed E-state index contributed by atoms with van der Waals surface area (Å²) in [5.74, 6) is 0.0800. The van der Waals surface area contributed by atoms with Gasteiger partial charge in [-0.3, -0.25) is 4.79 Å². The first-order valence-corrected chi connectivity index (χ1v) is 7.48. The van der Waals surface area contributed by atoms with Gasteiger partial charge in [-0.25, -0.2) is 0 Å². The van der Waals surface area contributed by atoms with Crippen molar-refractivity contribution in [3.8, 4) is 0 Å². The number of hydrogen-bond donors (Lipinski definition) is 1. The number of benzene rings is 2. The lowest BCUT2D eigenvalue weighted by Gasteiger charge is -2.18. The smallest absolute Gasteiger partial charge is 0.244 e. The van der Waals surface area contributed by atoms with E-state index in [4.69, 9.17) is 0 Å². The van der Waals surface area contributed by atoms with Gasteiger partial charge in [-0.15, -0.1) is 0 Å². The summed E-state index contributed by atoms with van der Waals surface area (Å²) in [6, 6.07) is 20.5. The first kappa shape index (κ1) is 15.8. The molecule has 1 amide bonds. The number of allylic oxidation sites excluding steroid dienone is 3. The monoisotopic (exact) mass is 291 g/mol. The summed E-state index contributed by atoms with van der Waals surface area (Å²) in [4.78, 5) is 11.9. The molecule has 0 aliphatic heterocycles. The van der Waals surface area contributed by atoms with E-state index in [0.717, 1.165) is 0 Å². The molecule has 22 heavy (non-hydrogen) atoms. The molecule has 2 aromatic rings. The van der Waals surface area contributed by atoms with Gasteiger partial charge in [0.2, 0.25) is 5.91 Å². The maximum Gasteiger partial charge on any atom is 0.244 e. The molecule has 0 bridgehead atoms. The number of nitrogens with one attached hydrogen (secondary N) is 1. The second kappa shape index (κ2) is 8.63. The van der Waals surface area contributed by atoms with Crippen molar-refractivity contribution in [3.05, 3.63) is 96.1 Å². The average Bonchev–Trinajstić information content (AvgIpc) is 2.57. The summed E-state index contributed by atoms with van der Waals surface area (Å²) in [5.41, 5.74) is 2.40. The molecule has 0 saturated heterocycles. The topological polar surface area (TPSA) is 29.1 Å². The molecule has 1 N–H and O–H groups in total. The molecule has 2 nitrogen and oxygen atoms in total. The molecule has 0 radical (unpaired) electrons. The van der Waals surface area contributed by atoms with Gasteiger partial charge in [0.1, 0.15) is 0 Å². The highest BCUT2D eigenvalue weighted by atomic mass is 16.1. The molecule has 0 fully saturated rings. The van der Waals surface area contributed by atoms with E-state index in [9.17, 15) is 4.79 Å². The van der Waals surface area contributed by atoms with Crippen molar-refractivity contribution < 1.29 is 4.79 Å². The van der Waals surface area contributed by atoms with Crippen LogP contribution in [0.4, 0.5) is 0 Å². The van der Waals surface area contributed by atoms with Gasteiger partial charge < -0.3 is 5.32 Å². The Bertz CT molecular complexity index is 590. The Balaban J connectivity index is 2.11. The van der Waals surface area contributed by atoms with Crippen molar-refractivity contribution >= 4 is 5.91 Å². The van der Waals surface area contributed by atoms with Gasteiger partial charge in [0, 0.05) is 18.5 Å². The van der Waals surface area contributed by atoms with E-state index >= 15 is 0 Å². The molecule has 2 aromatic carbocycles. The van der Waals surface area contributed by atoms with E-state index in [1.165, 1.54) is 11.1 Å². The molecule has 2 heteroatoms. The highest BCUT2D eigenvalue weighted by molar-refractivity contribution is 5.87. The maximum absolute atomic E-state index is 11.9. The van der Waals surface area contributed by atoms with Crippen molar-refractivity contribution in [2.75, 3.05) is 6.54 Å². The molecule has 112 valence electrons. The fourth-order valence-corrected chi connectivity index (χ4v) is 2.31. The highest BCUT2D eigenvalue weighted by Crippen LogP contribution is 2.23. The van der Waals surface area contributed by atoms with E-state index in [1.807, 2.05) is 55.5 Å². The normalized spacial score (nSPS) is 11.4. The lowest BCUT2D eigenvalue weighted by Crippen LogP contribution is -2.27. The van der Waals surface area contributed by atoms with E-state index in [1.54, 1.807) is 12.2 Å². The lowest BCUT2D eigenvalue weighted by atomic mass is 9.91. The summed E-state index contributed by atoms with van der Waals surface area (Å²) in [7, 11) is 0. The van der Waals surface area contributed by atoms with Gasteiger partial charge in [0.05, 0.1) is 0 Å². The van der Waals surface area contributed by atoms with Crippen LogP contribution in [0.5, 0.6) is 0 Å². The molecule has 0 aliphatic carbocycles. The van der Waals surface area contributed by atoms with Crippen LogP contribution in [0.15, 0.2) is 85.0 Å². The van der Waals surface area contributed by atoms with Gasteiger partial charge in [0.15, 0.2) is 0 Å². The summed E-state index contributed by atoms with van der Waals surface area (Å²) < 4.78 is 0. The first-order valence-electron chi connectivity index (χ1n) is 7.48. The molecule has 0 unspecified atom stereocenters. The van der Waals surface area contributed by atoms with Crippen LogP contribution in [0.2, 0.25) is 0 Å². The van der Waals surface area contributed by atoms with Crippen LogP contribution in [0, 0.1) is 0 Å². The predicted molar refractivity (Wildman–Crippen MR) is 91.7 cm³/mol. The molecule has 0 spiro atoms. The first-order chi connectivity index (χ1) is 10.8. The Labute approximate surface area is 132 Å². The second-order valence-electron chi connectivity index (χ2n) is 5.00. The van der Waals surface area contributed by atoms with E-state index < -0.39 is 0 Å². The quantitative estimate of drug-likeness (QED) is 0.631. The molecule has 2 rings (SSSR count). The maximum atomic E-state index is 11.9. The predicted octanol–water partition coefficient (Wildman–Crippen LogP) is 4.07. The van der Waals surface area contributed by atoms with Gasteiger partial charge in [-0.2, -0.15) is 0 Å². The second-order valence-corrected chi connectivity index (χ2v) is 5.00. The van der Waals surface area contributed by atoms with Gasteiger partial charge in [-0.1, -0.05) is 78.9 Å². The zero-order valence-electron chi connectivity index (χ0n) is 12.8. The van der Waals surface area contributed by atoms with E-state index in [-0.39, 0.29) is 11.8 Å². The van der Waals surface area contributed by atoms with Crippen LogP contribution in [-0.4, -0.2) is 12.5 Å². The molecule has 0 atom stereocenters. The molecular formula is C20H21NO. The summed E-state index contributed by atoms with van der Waals surface area (Å²) in [5, 5.41) is 2.98. The van der Waals surface area contributed by atoms with Gasteiger partial charge in [0.25, 0.3) is 0 Å². The lowest BCUT2D eigenvalue weighted by molar-refractivity contribution is -0.116. The molecule has 0 aliphatic rings. The number of rotatable bonds is 6. The largest absolute Gasteiger partial charge is 0.352 e. The van der Waals surface area contributed by atoms with Crippen molar-refractivity contribution in [1.29, 1.82) is 0 Å². The van der Waals surface area contributed by atoms with Crippen LogP contribution < -0.4 is 5.32 Å². The van der Waals surface area contributed by atoms with Crippen molar-refractivity contribution in [2.24, 2.45) is 0 Å². The summed E-state index contributed by atoms with van der Waals surface area (Å²) in [6.07, 6.45) is 7.02. The zero-order chi connectivity index (χ0) is 15.6. The summed E-state index contributed by atoms with van der Waals surface area (Å²) in [6.45, 7) is 2.50. The molecule has 0 aromatic heterocycles. The molecular weight excluding hydrogens is 270 g/mol. The minimum atomic E-state index is -0.0741. The Morgan fingerprint density at radius 1 is 0.955 bits per heavy atom. The fourth-order valence-electron chi connectivity index (χ4n) is 2.31. The number of amides is 1. The summed E-state index contributed by atoms with van der Waals surface area (Å²) >= 11 is 0. The van der Waals surface area contributed by atoms with Crippen LogP contribution >= 0.6 is 0 Å². The van der Waals surface area contributed by atoms with Crippen LogP contribution in [0.1, 0.15) is 24.0 Å². The SMILES string of the molecule is CC=CC=CC(=O)NCC(c1ccccc1)c1ccccc1. The minimum Gasteiger partial charge on any atom is -0.352 e. The van der Waals surface area contributed by atoms with Gasteiger partial charge in [-0.05, 0) is 18.1 Å². The van der Waals surface area contributed by atoms with Crippen molar-refractivity contribution in [2.45, 2.75) is 12.8 Å². The van der Waals surface area contributed by atoms with Crippen LogP contribution in [0.25, 0.3) is 0 Å². The molecule has 0 saturated carbocycles. The third-order valence-electron chi connectivity index (χ3n) is 3.44.